The fourth-order valence-electron chi connectivity index (χ4n) is 3.69. The Morgan fingerprint density at radius 1 is 1.10 bits per heavy atom. The zero-order valence-electron chi connectivity index (χ0n) is 18.4. The fourth-order valence-corrected chi connectivity index (χ4v) is 3.69. The Bertz CT molecular complexity index is 887. The Morgan fingerprint density at radius 2 is 1.84 bits per heavy atom. The van der Waals surface area contributed by atoms with E-state index >= 15 is 0 Å². The molecule has 166 valence electrons. The molecule has 1 fully saturated rings. The lowest BCUT2D eigenvalue weighted by atomic mass is 10.1. The van der Waals surface area contributed by atoms with Gasteiger partial charge in [-0.05, 0) is 36.2 Å². The van der Waals surface area contributed by atoms with Crippen LogP contribution in [0.2, 0.25) is 0 Å². The number of methoxy groups -OCH3 is 2. The number of carbonyl (C=O) groups is 2. The summed E-state index contributed by atoms with van der Waals surface area (Å²) in [5, 5.41) is 0. The molecule has 0 radical (unpaired) electrons. The molecule has 7 nitrogen and oxygen atoms in total. The highest BCUT2D eigenvalue weighted by Crippen LogP contribution is 2.28. The zero-order chi connectivity index (χ0) is 22.2. The molecule has 1 saturated heterocycles. The largest absolute Gasteiger partial charge is 0.493 e. The Balaban J connectivity index is 1.47. The van der Waals surface area contributed by atoms with E-state index in [1.54, 1.807) is 31.1 Å². The molecule has 1 heterocycles. The molecular formula is C24H30N2O5. The Kier molecular flexibility index (Phi) is 7.76. The van der Waals surface area contributed by atoms with E-state index in [1.807, 2.05) is 48.5 Å². The summed E-state index contributed by atoms with van der Waals surface area (Å²) in [6, 6.07) is 15.3. The smallest absolute Gasteiger partial charge is 0.227 e. The van der Waals surface area contributed by atoms with Gasteiger partial charge < -0.3 is 24.0 Å². The molecular weight excluding hydrogens is 396 g/mol. The summed E-state index contributed by atoms with van der Waals surface area (Å²) in [5.74, 6) is 1.82. The highest BCUT2D eigenvalue weighted by molar-refractivity contribution is 5.89. The van der Waals surface area contributed by atoms with Crippen LogP contribution >= 0.6 is 0 Å². The molecule has 0 spiro atoms. The van der Waals surface area contributed by atoms with Crippen molar-refractivity contribution in [3.63, 3.8) is 0 Å². The first-order chi connectivity index (χ1) is 15.0. The van der Waals surface area contributed by atoms with Crippen LogP contribution in [0.1, 0.15) is 12.0 Å². The number of carbonyl (C=O) groups excluding carboxylic acids is 2. The molecule has 0 aliphatic carbocycles. The van der Waals surface area contributed by atoms with Crippen LogP contribution in [-0.4, -0.2) is 69.1 Å². The summed E-state index contributed by atoms with van der Waals surface area (Å²) in [4.78, 5) is 28.6. The van der Waals surface area contributed by atoms with Crippen LogP contribution < -0.4 is 14.2 Å². The molecule has 0 saturated carbocycles. The number of likely N-dealkylation sites (N-methyl/N-ethyl adjacent to an activating group) is 1. The van der Waals surface area contributed by atoms with Crippen LogP contribution in [0.25, 0.3) is 0 Å². The van der Waals surface area contributed by atoms with Crippen molar-refractivity contribution in [2.75, 3.05) is 47.5 Å². The molecule has 0 N–H and O–H groups in total. The number of hydrogen-bond acceptors (Lipinski definition) is 5. The van der Waals surface area contributed by atoms with E-state index in [4.69, 9.17) is 14.2 Å². The first-order valence-electron chi connectivity index (χ1n) is 10.4. The number of para-hydroxylation sites is 1. The summed E-state index contributed by atoms with van der Waals surface area (Å²) in [6.45, 7) is 1.91. The van der Waals surface area contributed by atoms with Crippen LogP contribution in [0.15, 0.2) is 48.5 Å². The normalized spacial score (nSPS) is 15.6. The second kappa shape index (κ2) is 10.7. The van der Waals surface area contributed by atoms with Crippen LogP contribution in [0.4, 0.5) is 0 Å². The van der Waals surface area contributed by atoms with E-state index in [2.05, 4.69) is 0 Å². The first-order valence-corrected chi connectivity index (χ1v) is 10.4. The second-order valence-electron chi connectivity index (χ2n) is 7.60. The third-order valence-electron chi connectivity index (χ3n) is 5.50. The van der Waals surface area contributed by atoms with Crippen molar-refractivity contribution in [1.29, 1.82) is 0 Å². The van der Waals surface area contributed by atoms with Gasteiger partial charge in [0, 0.05) is 26.6 Å². The Hall–Kier alpha value is -3.22. The number of ether oxygens (including phenoxy) is 3. The number of rotatable bonds is 10. The zero-order valence-corrected chi connectivity index (χ0v) is 18.4. The van der Waals surface area contributed by atoms with Crippen LogP contribution in [0.5, 0.6) is 17.2 Å². The minimum atomic E-state index is -0.306. The lowest BCUT2D eigenvalue weighted by Crippen LogP contribution is -2.37. The Labute approximate surface area is 183 Å². The van der Waals surface area contributed by atoms with Gasteiger partial charge in [0.1, 0.15) is 12.4 Å². The van der Waals surface area contributed by atoms with E-state index in [-0.39, 0.29) is 24.2 Å². The molecule has 0 bridgehead atoms. The van der Waals surface area contributed by atoms with Crippen molar-refractivity contribution < 1.29 is 23.8 Å². The van der Waals surface area contributed by atoms with Gasteiger partial charge in [-0.15, -0.1) is 0 Å². The van der Waals surface area contributed by atoms with Gasteiger partial charge in [0.15, 0.2) is 11.5 Å². The van der Waals surface area contributed by atoms with Crippen molar-refractivity contribution in [2.45, 2.75) is 12.8 Å². The molecule has 31 heavy (non-hydrogen) atoms. The van der Waals surface area contributed by atoms with Gasteiger partial charge in [0.25, 0.3) is 0 Å². The maximum Gasteiger partial charge on any atom is 0.227 e. The van der Waals surface area contributed by atoms with E-state index in [1.165, 1.54) is 0 Å². The molecule has 1 aliphatic heterocycles. The quantitative estimate of drug-likeness (QED) is 0.584. The van der Waals surface area contributed by atoms with Gasteiger partial charge in [-0.3, -0.25) is 9.59 Å². The van der Waals surface area contributed by atoms with Crippen LogP contribution in [-0.2, 0) is 16.0 Å². The van der Waals surface area contributed by atoms with Crippen molar-refractivity contribution in [3.05, 3.63) is 54.1 Å². The fraction of sp³-hybridized carbons (Fsp3) is 0.417. The summed E-state index contributed by atoms with van der Waals surface area (Å²) >= 11 is 0. The van der Waals surface area contributed by atoms with E-state index in [0.29, 0.717) is 44.2 Å². The minimum Gasteiger partial charge on any atom is -0.493 e. The van der Waals surface area contributed by atoms with E-state index < -0.39 is 0 Å². The maximum atomic E-state index is 12.8. The van der Waals surface area contributed by atoms with Crippen molar-refractivity contribution in [2.24, 2.45) is 5.92 Å². The topological polar surface area (TPSA) is 68.3 Å². The van der Waals surface area contributed by atoms with Gasteiger partial charge in [-0.1, -0.05) is 24.3 Å². The summed E-state index contributed by atoms with van der Waals surface area (Å²) < 4.78 is 16.3. The molecule has 2 amide bonds. The number of likely N-dealkylation sites (tertiary alicyclic amines) is 1. The number of amides is 2. The van der Waals surface area contributed by atoms with Crippen LogP contribution in [0, 0.1) is 5.92 Å². The van der Waals surface area contributed by atoms with Crippen molar-refractivity contribution in [1.82, 2.24) is 9.80 Å². The maximum absolute atomic E-state index is 12.8. The number of benzene rings is 2. The molecule has 2 aromatic rings. The third kappa shape index (κ3) is 5.90. The highest BCUT2D eigenvalue weighted by atomic mass is 16.5. The van der Waals surface area contributed by atoms with Crippen LogP contribution in [0.3, 0.4) is 0 Å². The lowest BCUT2D eigenvalue weighted by molar-refractivity contribution is -0.134. The number of hydrogen-bond donors (Lipinski definition) is 0. The summed E-state index contributed by atoms with van der Waals surface area (Å²) in [5.41, 5.74) is 1.05. The standard InChI is InChI=1S/C24H30N2O5/c1-25(13-14-31-20-7-5-4-6-8-20)24(28)19-16-23(27)26(17-19)12-11-18-9-10-21(29-2)22(15-18)30-3/h4-10,15,19H,11-14,16-17H2,1-3H3. The highest BCUT2D eigenvalue weighted by Gasteiger charge is 2.35. The Morgan fingerprint density at radius 3 is 2.55 bits per heavy atom. The average molecular weight is 427 g/mol. The van der Waals surface area contributed by atoms with Gasteiger partial charge in [-0.25, -0.2) is 0 Å². The van der Waals surface area contributed by atoms with Gasteiger partial charge in [0.2, 0.25) is 11.8 Å². The third-order valence-corrected chi connectivity index (χ3v) is 5.50. The SMILES string of the molecule is COc1ccc(CCN2CC(C(=O)N(C)CCOc3ccccc3)CC2=O)cc1OC. The van der Waals surface area contributed by atoms with Gasteiger partial charge >= 0.3 is 0 Å². The van der Waals surface area contributed by atoms with Crippen molar-refractivity contribution in [3.8, 4) is 17.2 Å². The molecule has 7 heteroatoms. The monoisotopic (exact) mass is 426 g/mol. The first kappa shape index (κ1) is 22.5. The summed E-state index contributed by atoms with van der Waals surface area (Å²) in [6.07, 6.45) is 0.947. The second-order valence-corrected chi connectivity index (χ2v) is 7.60. The molecule has 1 aliphatic rings. The molecule has 1 atom stereocenters. The molecule has 0 aromatic heterocycles. The minimum absolute atomic E-state index is 0.0152. The number of nitrogens with zero attached hydrogens (tertiary/aromatic N) is 2. The predicted molar refractivity (Wildman–Crippen MR) is 118 cm³/mol. The molecule has 3 rings (SSSR count). The molecule has 2 aromatic carbocycles. The van der Waals surface area contributed by atoms with E-state index in [0.717, 1.165) is 11.3 Å². The average Bonchev–Trinajstić information content (AvgIpc) is 3.17. The van der Waals surface area contributed by atoms with E-state index in [9.17, 15) is 9.59 Å². The lowest BCUT2D eigenvalue weighted by Gasteiger charge is -2.21. The van der Waals surface area contributed by atoms with Crippen molar-refractivity contribution >= 4 is 11.8 Å². The van der Waals surface area contributed by atoms with Gasteiger partial charge in [-0.2, -0.15) is 0 Å². The van der Waals surface area contributed by atoms with Gasteiger partial charge in [0.05, 0.1) is 26.7 Å². The predicted octanol–water partition coefficient (Wildman–Crippen LogP) is 2.63. The summed E-state index contributed by atoms with van der Waals surface area (Å²) in [7, 11) is 4.96. The molecule has 1 unspecified atom stereocenters.